The van der Waals surface area contributed by atoms with Crippen molar-refractivity contribution in [2.24, 2.45) is 0 Å². The maximum Gasteiger partial charge on any atom is 0.191 e. The molecule has 0 N–H and O–H groups in total. The summed E-state index contributed by atoms with van der Waals surface area (Å²) < 4.78 is 6.12. The second-order valence-electron chi connectivity index (χ2n) is 3.88. The maximum absolute atomic E-state index is 6.12. The molecule has 0 aliphatic heterocycles. The Balaban J connectivity index is 3.76. The van der Waals surface area contributed by atoms with Gasteiger partial charge in [-0.05, 0) is 31.0 Å². The molecule has 88 valence electrons. The third-order valence-corrected chi connectivity index (χ3v) is 7.78. The van der Waals surface area contributed by atoms with Crippen molar-refractivity contribution in [2.75, 3.05) is 6.61 Å². The van der Waals surface area contributed by atoms with Gasteiger partial charge in [0.2, 0.25) is 0 Å². The van der Waals surface area contributed by atoms with Gasteiger partial charge >= 0.3 is 0 Å². The highest BCUT2D eigenvalue weighted by molar-refractivity contribution is 6.73. The van der Waals surface area contributed by atoms with Gasteiger partial charge in [0.05, 0.1) is 0 Å². The van der Waals surface area contributed by atoms with Crippen LogP contribution < -0.4 is 0 Å². The van der Waals surface area contributed by atoms with E-state index < -0.39 is 8.32 Å². The molecule has 2 heteroatoms. The van der Waals surface area contributed by atoms with Crippen molar-refractivity contribution in [1.82, 2.24) is 0 Å². The molecule has 1 nitrogen and oxygen atoms in total. The Morgan fingerprint density at radius 1 is 1.07 bits per heavy atom. The molecule has 0 fully saturated rings. The van der Waals surface area contributed by atoms with Crippen LogP contribution in [0.1, 0.15) is 33.6 Å². The van der Waals surface area contributed by atoms with Gasteiger partial charge in [0.1, 0.15) is 0 Å². The first kappa shape index (κ1) is 14.7. The van der Waals surface area contributed by atoms with Gasteiger partial charge in [-0.3, -0.25) is 0 Å². The standard InChI is InChI=1S/C13H26OSi/c1-5-9-10-11-12-13-14-15(6-2,7-3)8-4/h5,10-11H,1,6-9,12-13H2,2-4H3/b11-10+. The van der Waals surface area contributed by atoms with E-state index in [9.17, 15) is 0 Å². The van der Waals surface area contributed by atoms with Crippen LogP contribution in [0.25, 0.3) is 0 Å². The lowest BCUT2D eigenvalue weighted by Crippen LogP contribution is -2.35. The van der Waals surface area contributed by atoms with Crippen LogP contribution in [-0.4, -0.2) is 14.9 Å². The fourth-order valence-corrected chi connectivity index (χ4v) is 4.37. The zero-order valence-corrected chi connectivity index (χ0v) is 11.6. The Hall–Kier alpha value is -0.343. The number of rotatable bonds is 9. The topological polar surface area (TPSA) is 9.23 Å². The first-order chi connectivity index (χ1) is 7.24. The molecule has 0 atom stereocenters. The highest BCUT2D eigenvalue weighted by Gasteiger charge is 2.27. The molecule has 0 spiro atoms. The number of hydrogen-bond donors (Lipinski definition) is 0. The van der Waals surface area contributed by atoms with Crippen molar-refractivity contribution in [3.05, 3.63) is 24.8 Å². The zero-order valence-electron chi connectivity index (χ0n) is 10.6. The molecule has 0 aromatic heterocycles. The van der Waals surface area contributed by atoms with Crippen molar-refractivity contribution in [3.63, 3.8) is 0 Å². The van der Waals surface area contributed by atoms with Crippen LogP contribution in [0, 0.1) is 0 Å². The third-order valence-electron chi connectivity index (χ3n) is 3.10. The minimum Gasteiger partial charge on any atom is -0.417 e. The molecule has 0 saturated carbocycles. The van der Waals surface area contributed by atoms with Crippen molar-refractivity contribution in [1.29, 1.82) is 0 Å². The Bertz CT molecular complexity index is 175. The quantitative estimate of drug-likeness (QED) is 0.319. The summed E-state index contributed by atoms with van der Waals surface area (Å²) in [7, 11) is -1.34. The molecule has 0 unspecified atom stereocenters. The van der Waals surface area contributed by atoms with Crippen LogP contribution in [0.3, 0.4) is 0 Å². The number of hydrogen-bond acceptors (Lipinski definition) is 1. The van der Waals surface area contributed by atoms with E-state index in [1.807, 2.05) is 6.08 Å². The summed E-state index contributed by atoms with van der Waals surface area (Å²) >= 11 is 0. The monoisotopic (exact) mass is 226 g/mol. The molecule has 0 rings (SSSR count). The van der Waals surface area contributed by atoms with E-state index in [4.69, 9.17) is 4.43 Å². The lowest BCUT2D eigenvalue weighted by Gasteiger charge is -2.27. The molecule has 0 aliphatic carbocycles. The third kappa shape index (κ3) is 5.95. The van der Waals surface area contributed by atoms with Crippen LogP contribution in [0.5, 0.6) is 0 Å². The van der Waals surface area contributed by atoms with Crippen LogP contribution in [0.4, 0.5) is 0 Å². The molecule has 0 aromatic carbocycles. The SMILES string of the molecule is C=CC/C=C/CCO[Si](CC)(CC)CC. The predicted molar refractivity (Wildman–Crippen MR) is 71.7 cm³/mol. The summed E-state index contributed by atoms with van der Waals surface area (Å²) in [6, 6.07) is 3.74. The second-order valence-corrected chi connectivity index (χ2v) is 8.65. The van der Waals surface area contributed by atoms with Gasteiger partial charge in [-0.2, -0.15) is 0 Å². The fourth-order valence-electron chi connectivity index (χ4n) is 1.71. The summed E-state index contributed by atoms with van der Waals surface area (Å²) in [5.41, 5.74) is 0. The van der Waals surface area contributed by atoms with E-state index in [1.54, 1.807) is 0 Å². The van der Waals surface area contributed by atoms with Gasteiger partial charge in [-0.15, -0.1) is 6.58 Å². The summed E-state index contributed by atoms with van der Waals surface area (Å²) in [6.45, 7) is 11.4. The summed E-state index contributed by atoms with van der Waals surface area (Å²) in [5, 5.41) is 0. The lowest BCUT2D eigenvalue weighted by molar-refractivity contribution is 0.306. The highest BCUT2D eigenvalue weighted by Crippen LogP contribution is 2.21. The van der Waals surface area contributed by atoms with E-state index in [2.05, 4.69) is 39.5 Å². The summed E-state index contributed by atoms with van der Waals surface area (Å²) in [5.74, 6) is 0. The Labute approximate surface area is 96.4 Å². The van der Waals surface area contributed by atoms with Crippen molar-refractivity contribution >= 4 is 8.32 Å². The van der Waals surface area contributed by atoms with Crippen LogP contribution >= 0.6 is 0 Å². The molecular formula is C13H26OSi. The largest absolute Gasteiger partial charge is 0.417 e. The van der Waals surface area contributed by atoms with Crippen LogP contribution in [-0.2, 0) is 4.43 Å². The minimum atomic E-state index is -1.34. The minimum absolute atomic E-state index is 0.898. The average molecular weight is 226 g/mol. The molecule has 0 saturated heterocycles. The molecule has 0 aromatic rings. The van der Waals surface area contributed by atoms with E-state index >= 15 is 0 Å². The molecule has 15 heavy (non-hydrogen) atoms. The summed E-state index contributed by atoms with van der Waals surface area (Å²) in [6.07, 6.45) is 8.28. The Morgan fingerprint density at radius 2 is 1.67 bits per heavy atom. The van der Waals surface area contributed by atoms with E-state index in [1.165, 1.54) is 18.1 Å². The van der Waals surface area contributed by atoms with Gasteiger partial charge in [0.25, 0.3) is 0 Å². The van der Waals surface area contributed by atoms with Crippen LogP contribution in [0.2, 0.25) is 18.1 Å². The fraction of sp³-hybridized carbons (Fsp3) is 0.692. The van der Waals surface area contributed by atoms with Crippen molar-refractivity contribution in [3.8, 4) is 0 Å². The molecule has 0 amide bonds. The maximum atomic E-state index is 6.12. The highest BCUT2D eigenvalue weighted by atomic mass is 28.4. The van der Waals surface area contributed by atoms with Gasteiger partial charge in [-0.1, -0.05) is 39.0 Å². The average Bonchev–Trinajstić information content (AvgIpc) is 2.29. The molecule has 0 heterocycles. The van der Waals surface area contributed by atoms with Crippen molar-refractivity contribution in [2.45, 2.75) is 51.7 Å². The van der Waals surface area contributed by atoms with Crippen molar-refractivity contribution < 1.29 is 4.43 Å². The predicted octanol–water partition coefficient (Wildman–Crippen LogP) is 4.53. The van der Waals surface area contributed by atoms with Gasteiger partial charge in [0.15, 0.2) is 8.32 Å². The lowest BCUT2D eigenvalue weighted by atomic mass is 10.3. The molecule has 0 radical (unpaired) electrons. The van der Waals surface area contributed by atoms with E-state index in [-0.39, 0.29) is 0 Å². The number of allylic oxidation sites excluding steroid dienone is 2. The molecular weight excluding hydrogens is 200 g/mol. The Morgan fingerprint density at radius 3 is 2.13 bits per heavy atom. The second kappa shape index (κ2) is 8.92. The van der Waals surface area contributed by atoms with Gasteiger partial charge in [0, 0.05) is 6.61 Å². The summed E-state index contributed by atoms with van der Waals surface area (Å²) in [4.78, 5) is 0. The Kier molecular flexibility index (Phi) is 8.72. The first-order valence-electron chi connectivity index (χ1n) is 6.14. The first-order valence-corrected chi connectivity index (χ1v) is 8.67. The van der Waals surface area contributed by atoms with E-state index in [0.29, 0.717) is 0 Å². The van der Waals surface area contributed by atoms with Crippen LogP contribution in [0.15, 0.2) is 24.8 Å². The van der Waals surface area contributed by atoms with Gasteiger partial charge < -0.3 is 4.43 Å². The van der Waals surface area contributed by atoms with E-state index in [0.717, 1.165) is 19.4 Å². The smallest absolute Gasteiger partial charge is 0.191 e. The molecule has 0 bridgehead atoms. The molecule has 0 aliphatic rings. The normalized spacial score (nSPS) is 12.2. The zero-order chi connectivity index (χ0) is 11.6. The van der Waals surface area contributed by atoms with Gasteiger partial charge in [-0.25, -0.2) is 0 Å².